The van der Waals surface area contributed by atoms with Crippen LogP contribution in [0.3, 0.4) is 0 Å². The van der Waals surface area contributed by atoms with Gasteiger partial charge >= 0.3 is 0 Å². The third-order valence-electron chi connectivity index (χ3n) is 6.57. The first kappa shape index (κ1) is 18.0. The first-order valence-corrected chi connectivity index (χ1v) is 9.80. The third-order valence-corrected chi connectivity index (χ3v) is 6.57. The molecule has 1 aromatic heterocycles. The molecule has 0 spiro atoms. The Labute approximate surface area is 155 Å². The van der Waals surface area contributed by atoms with Crippen LogP contribution in [0.1, 0.15) is 68.9 Å². The fourth-order valence-electron chi connectivity index (χ4n) is 5.86. The molecular weight excluding hydrogens is 330 g/mol. The van der Waals surface area contributed by atoms with E-state index in [9.17, 15) is 9.90 Å². The van der Waals surface area contributed by atoms with Crippen molar-refractivity contribution in [2.24, 2.45) is 17.8 Å². The highest BCUT2D eigenvalue weighted by Crippen LogP contribution is 2.55. The lowest BCUT2D eigenvalue weighted by atomic mass is 9.52. The Kier molecular flexibility index (Phi) is 4.19. The van der Waals surface area contributed by atoms with Crippen LogP contribution in [0.25, 0.3) is 0 Å². The van der Waals surface area contributed by atoms with Gasteiger partial charge in [-0.15, -0.1) is 0 Å². The summed E-state index contributed by atoms with van der Waals surface area (Å²) in [6, 6.07) is 0.174. The lowest BCUT2D eigenvalue weighted by Crippen LogP contribution is -2.61. The number of methoxy groups -OCH3 is 1. The van der Waals surface area contributed by atoms with Gasteiger partial charge in [-0.3, -0.25) is 9.48 Å². The molecule has 4 saturated carbocycles. The van der Waals surface area contributed by atoms with Gasteiger partial charge in [0.25, 0.3) is 5.91 Å². The molecule has 4 aliphatic rings. The summed E-state index contributed by atoms with van der Waals surface area (Å²) in [5.74, 6) is 1.38. The van der Waals surface area contributed by atoms with Crippen molar-refractivity contribution in [3.8, 4) is 0 Å². The van der Waals surface area contributed by atoms with Gasteiger partial charge in [-0.25, -0.2) is 0 Å². The van der Waals surface area contributed by atoms with Gasteiger partial charge in [-0.05, 0) is 70.6 Å². The molecule has 5 atom stereocenters. The molecule has 4 fully saturated rings. The van der Waals surface area contributed by atoms with Crippen LogP contribution < -0.4 is 5.32 Å². The van der Waals surface area contributed by atoms with E-state index in [4.69, 9.17) is 4.74 Å². The van der Waals surface area contributed by atoms with Crippen LogP contribution in [-0.4, -0.2) is 39.5 Å². The summed E-state index contributed by atoms with van der Waals surface area (Å²) < 4.78 is 7.22. The minimum Gasteiger partial charge on any atom is -0.390 e. The molecule has 2 N–H and O–H groups in total. The fraction of sp³-hybridized carbons (Fsp3) is 0.800. The van der Waals surface area contributed by atoms with Gasteiger partial charge in [0.1, 0.15) is 0 Å². The molecule has 144 valence electrons. The van der Waals surface area contributed by atoms with Gasteiger partial charge < -0.3 is 15.2 Å². The molecular formula is C20H31N3O3. The van der Waals surface area contributed by atoms with Crippen LogP contribution in [-0.2, 0) is 16.9 Å². The smallest absolute Gasteiger partial charge is 0.255 e. The first-order valence-electron chi connectivity index (χ1n) is 9.80. The SMILES string of the molecule is COCc1c(C(=O)NC2[C@@H]3CC4C[C@H]2CC(O)(C4)C3)cnn1C(C)(C)C. The van der Waals surface area contributed by atoms with Crippen molar-refractivity contribution in [1.82, 2.24) is 15.1 Å². The molecule has 5 rings (SSSR count). The average Bonchev–Trinajstić information content (AvgIpc) is 2.93. The Morgan fingerprint density at radius 3 is 2.54 bits per heavy atom. The summed E-state index contributed by atoms with van der Waals surface area (Å²) >= 11 is 0. The van der Waals surface area contributed by atoms with Crippen molar-refractivity contribution in [3.63, 3.8) is 0 Å². The number of aromatic nitrogens is 2. The normalized spacial score (nSPS) is 35.7. The van der Waals surface area contributed by atoms with Gasteiger partial charge in [0.2, 0.25) is 0 Å². The summed E-state index contributed by atoms with van der Waals surface area (Å²) in [4.78, 5) is 13.1. The number of hydrogen-bond acceptors (Lipinski definition) is 4. The van der Waals surface area contributed by atoms with E-state index in [-0.39, 0.29) is 17.5 Å². The number of nitrogens with one attached hydrogen (secondary N) is 1. The van der Waals surface area contributed by atoms with E-state index in [0.29, 0.717) is 29.9 Å². The number of rotatable bonds is 4. The highest BCUT2D eigenvalue weighted by Gasteiger charge is 2.55. The Balaban J connectivity index is 1.55. The Bertz CT molecular complexity index is 690. The molecule has 0 aromatic carbocycles. The van der Waals surface area contributed by atoms with Gasteiger partial charge in [-0.1, -0.05) is 0 Å². The minimum atomic E-state index is -0.476. The van der Waals surface area contributed by atoms with Crippen molar-refractivity contribution in [2.75, 3.05) is 7.11 Å². The van der Waals surface area contributed by atoms with E-state index in [1.807, 2.05) is 4.68 Å². The summed E-state index contributed by atoms with van der Waals surface area (Å²) in [5, 5.41) is 18.5. The van der Waals surface area contributed by atoms with E-state index in [1.165, 1.54) is 0 Å². The second kappa shape index (κ2) is 6.06. The molecule has 0 aliphatic heterocycles. The predicted molar refractivity (Wildman–Crippen MR) is 97.7 cm³/mol. The molecule has 4 aliphatic carbocycles. The quantitative estimate of drug-likeness (QED) is 0.864. The van der Waals surface area contributed by atoms with Crippen molar-refractivity contribution in [2.45, 2.75) is 76.7 Å². The average molecular weight is 361 g/mol. The number of hydrogen-bond donors (Lipinski definition) is 2. The minimum absolute atomic E-state index is 0.0583. The van der Waals surface area contributed by atoms with Crippen molar-refractivity contribution in [1.29, 1.82) is 0 Å². The van der Waals surface area contributed by atoms with Gasteiger partial charge in [0.15, 0.2) is 0 Å². The summed E-state index contributed by atoms with van der Waals surface area (Å²) in [6.45, 7) is 6.57. The first-order chi connectivity index (χ1) is 12.2. The maximum atomic E-state index is 13.1. The van der Waals surface area contributed by atoms with Gasteiger partial charge in [0, 0.05) is 13.2 Å². The van der Waals surface area contributed by atoms with Crippen LogP contribution in [0.15, 0.2) is 6.20 Å². The van der Waals surface area contributed by atoms with Crippen LogP contribution in [0, 0.1) is 17.8 Å². The van der Waals surface area contributed by atoms with Crippen LogP contribution in [0.2, 0.25) is 0 Å². The number of carbonyl (C=O) groups is 1. The zero-order chi connectivity index (χ0) is 18.7. The lowest BCUT2D eigenvalue weighted by molar-refractivity contribution is -0.136. The molecule has 0 saturated heterocycles. The molecule has 1 amide bonds. The maximum absolute atomic E-state index is 13.1. The molecule has 3 unspecified atom stereocenters. The molecule has 4 bridgehead atoms. The number of amides is 1. The predicted octanol–water partition coefficient (Wildman–Crippen LogP) is 2.45. The van der Waals surface area contributed by atoms with Gasteiger partial charge in [-0.2, -0.15) is 5.10 Å². The fourth-order valence-corrected chi connectivity index (χ4v) is 5.86. The Hall–Kier alpha value is -1.40. The third kappa shape index (κ3) is 2.97. The highest BCUT2D eigenvalue weighted by molar-refractivity contribution is 5.95. The van der Waals surface area contributed by atoms with Crippen molar-refractivity contribution < 1.29 is 14.6 Å². The maximum Gasteiger partial charge on any atom is 0.255 e. The zero-order valence-corrected chi connectivity index (χ0v) is 16.3. The monoisotopic (exact) mass is 361 g/mol. The van der Waals surface area contributed by atoms with E-state index >= 15 is 0 Å². The van der Waals surface area contributed by atoms with E-state index in [1.54, 1.807) is 13.3 Å². The van der Waals surface area contributed by atoms with Gasteiger partial charge in [0.05, 0.1) is 35.2 Å². The Morgan fingerprint density at radius 1 is 1.35 bits per heavy atom. The molecule has 0 radical (unpaired) electrons. The Morgan fingerprint density at radius 2 is 2.00 bits per heavy atom. The number of ether oxygens (including phenoxy) is 1. The zero-order valence-electron chi connectivity index (χ0n) is 16.3. The van der Waals surface area contributed by atoms with E-state index in [2.05, 4.69) is 31.2 Å². The summed E-state index contributed by atoms with van der Waals surface area (Å²) in [7, 11) is 1.64. The molecule has 6 nitrogen and oxygen atoms in total. The van der Waals surface area contributed by atoms with Crippen molar-refractivity contribution >= 4 is 5.91 Å². The highest BCUT2D eigenvalue weighted by atomic mass is 16.5. The van der Waals surface area contributed by atoms with Crippen LogP contribution in [0.5, 0.6) is 0 Å². The molecule has 26 heavy (non-hydrogen) atoms. The van der Waals surface area contributed by atoms with Crippen molar-refractivity contribution in [3.05, 3.63) is 17.5 Å². The molecule has 1 heterocycles. The van der Waals surface area contributed by atoms with Crippen LogP contribution >= 0.6 is 0 Å². The standard InChI is InChI=1S/C20H31N3O3/c1-19(2,3)23-16(11-26-4)15(10-21-23)18(24)22-17-13-5-12-6-14(17)9-20(25,7-12)8-13/h10,12-14,17,25H,5-9,11H2,1-4H3,(H,22,24)/t12?,13-,14+,17?,20?. The largest absolute Gasteiger partial charge is 0.390 e. The summed E-state index contributed by atoms with van der Waals surface area (Å²) in [5.41, 5.74) is 0.739. The second-order valence-corrected chi connectivity index (χ2v) is 9.71. The molecule has 6 heteroatoms. The lowest BCUT2D eigenvalue weighted by Gasteiger charge is -2.58. The van der Waals surface area contributed by atoms with E-state index < -0.39 is 5.60 Å². The summed E-state index contributed by atoms with van der Waals surface area (Å²) in [6.07, 6.45) is 6.55. The number of carbonyl (C=O) groups excluding carboxylic acids is 1. The number of nitrogens with zero attached hydrogens (tertiary/aromatic N) is 2. The van der Waals surface area contributed by atoms with E-state index in [0.717, 1.165) is 37.8 Å². The van der Waals surface area contributed by atoms with Crippen LogP contribution in [0.4, 0.5) is 0 Å². The molecule has 1 aromatic rings. The topological polar surface area (TPSA) is 76.4 Å². The second-order valence-electron chi connectivity index (χ2n) is 9.71. The number of aliphatic hydroxyl groups is 1.